The number of nitrogens with zero attached hydrogens (tertiary/aromatic N) is 2. The van der Waals surface area contributed by atoms with Gasteiger partial charge in [0.25, 0.3) is 0 Å². The first-order chi connectivity index (χ1) is 9.37. The van der Waals surface area contributed by atoms with Gasteiger partial charge < -0.3 is 0 Å². The lowest BCUT2D eigenvalue weighted by atomic mass is 9.84. The van der Waals surface area contributed by atoms with Gasteiger partial charge in [-0.3, -0.25) is 0 Å². The van der Waals surface area contributed by atoms with Crippen LogP contribution in [0.4, 0.5) is 0 Å². The van der Waals surface area contributed by atoms with E-state index in [1.807, 2.05) is 0 Å². The van der Waals surface area contributed by atoms with Crippen molar-refractivity contribution in [3.05, 3.63) is 53.4 Å². The molecule has 1 heterocycles. The van der Waals surface area contributed by atoms with Gasteiger partial charge in [-0.2, -0.15) is 5.10 Å². The van der Waals surface area contributed by atoms with Crippen LogP contribution in [0, 0.1) is 11.3 Å². The van der Waals surface area contributed by atoms with Gasteiger partial charge in [-0.1, -0.05) is 23.8 Å². The van der Waals surface area contributed by atoms with Crippen molar-refractivity contribution in [1.29, 1.82) is 0 Å². The third kappa shape index (κ3) is 1.19. The molecule has 2 heteroatoms. The van der Waals surface area contributed by atoms with Crippen LogP contribution in [0.15, 0.2) is 42.1 Å². The van der Waals surface area contributed by atoms with E-state index in [0.29, 0.717) is 5.41 Å². The Kier molecular flexibility index (Phi) is 1.68. The molecule has 0 amide bonds. The molecule has 0 saturated heterocycles. The zero-order valence-corrected chi connectivity index (χ0v) is 10.8. The van der Waals surface area contributed by atoms with Gasteiger partial charge in [0, 0.05) is 0 Å². The fourth-order valence-corrected chi connectivity index (χ4v) is 4.24. The Labute approximate surface area is 112 Å². The van der Waals surface area contributed by atoms with E-state index in [1.165, 1.54) is 42.6 Å². The van der Waals surface area contributed by atoms with Gasteiger partial charge in [0.15, 0.2) is 0 Å². The summed E-state index contributed by atoms with van der Waals surface area (Å²) in [6, 6.07) is 10.5. The molecule has 1 unspecified atom stereocenters. The van der Waals surface area contributed by atoms with E-state index >= 15 is 0 Å². The molecule has 1 aromatic heterocycles. The van der Waals surface area contributed by atoms with Gasteiger partial charge in [-0.05, 0) is 60.8 Å². The molecule has 94 valence electrons. The highest BCUT2D eigenvalue weighted by molar-refractivity contribution is 5.63. The molecule has 3 aliphatic carbocycles. The molecule has 5 rings (SSSR count). The van der Waals surface area contributed by atoms with Crippen LogP contribution in [-0.4, -0.2) is 9.78 Å². The maximum Gasteiger partial charge on any atom is 0.0700 e. The largest absolute Gasteiger partial charge is 0.233 e. The van der Waals surface area contributed by atoms with Crippen molar-refractivity contribution >= 4 is 6.08 Å². The second kappa shape index (κ2) is 3.19. The summed E-state index contributed by atoms with van der Waals surface area (Å²) in [4.78, 5) is 0. The fraction of sp³-hybridized carbons (Fsp3) is 0.353. The lowest BCUT2D eigenvalue weighted by Gasteiger charge is -2.21. The van der Waals surface area contributed by atoms with Crippen molar-refractivity contribution < 1.29 is 0 Å². The predicted octanol–water partition coefficient (Wildman–Crippen LogP) is 3.61. The maximum absolute atomic E-state index is 4.62. The van der Waals surface area contributed by atoms with Crippen molar-refractivity contribution in [3.8, 4) is 5.69 Å². The number of aromatic nitrogens is 2. The Hall–Kier alpha value is -1.83. The molecule has 3 aliphatic rings. The quantitative estimate of drug-likeness (QED) is 0.753. The molecule has 0 radical (unpaired) electrons. The zero-order chi connectivity index (χ0) is 12.4. The van der Waals surface area contributed by atoms with E-state index in [2.05, 4.69) is 52.4 Å². The van der Waals surface area contributed by atoms with Crippen LogP contribution >= 0.6 is 0 Å². The van der Waals surface area contributed by atoms with Gasteiger partial charge in [0.1, 0.15) is 0 Å². The van der Waals surface area contributed by atoms with Crippen LogP contribution in [0.2, 0.25) is 0 Å². The maximum atomic E-state index is 4.62. The predicted molar refractivity (Wildman–Crippen MR) is 75.0 cm³/mol. The summed E-state index contributed by atoms with van der Waals surface area (Å²) < 4.78 is 2.10. The molecule has 0 bridgehead atoms. The van der Waals surface area contributed by atoms with E-state index in [-0.39, 0.29) is 0 Å². The number of benzene rings is 1. The van der Waals surface area contributed by atoms with Crippen LogP contribution < -0.4 is 0 Å². The van der Waals surface area contributed by atoms with Crippen LogP contribution in [-0.2, 0) is 6.42 Å². The molecular formula is C17H16N2. The summed E-state index contributed by atoms with van der Waals surface area (Å²) >= 11 is 0. The average Bonchev–Trinajstić information content (AvgIpc) is 2.82. The standard InChI is InChI=1S/C17H16N2/c1-2-4-15(5-3-1)19-16-8-13-6-7-14-10-17(13,14)9-12(16)11-18-19/h1-5,8,11,14H,6-7,9-10H2/t14-,17?/m1/s1. The number of hydrogen-bond donors (Lipinski definition) is 0. The van der Waals surface area contributed by atoms with Crippen molar-refractivity contribution in [2.24, 2.45) is 11.3 Å². The van der Waals surface area contributed by atoms with Crippen molar-refractivity contribution in [2.45, 2.75) is 25.7 Å². The first kappa shape index (κ1) is 10.0. The molecule has 1 spiro atoms. The van der Waals surface area contributed by atoms with Crippen LogP contribution in [0.3, 0.4) is 0 Å². The van der Waals surface area contributed by atoms with Crippen molar-refractivity contribution in [3.63, 3.8) is 0 Å². The molecule has 2 aromatic rings. The highest BCUT2D eigenvalue weighted by atomic mass is 15.3. The van der Waals surface area contributed by atoms with E-state index < -0.39 is 0 Å². The first-order valence-corrected chi connectivity index (χ1v) is 7.20. The number of para-hydroxylation sites is 1. The van der Waals surface area contributed by atoms with Gasteiger partial charge >= 0.3 is 0 Å². The summed E-state index contributed by atoms with van der Waals surface area (Å²) in [5.41, 5.74) is 6.19. The van der Waals surface area contributed by atoms with E-state index in [4.69, 9.17) is 0 Å². The van der Waals surface area contributed by atoms with Crippen molar-refractivity contribution in [1.82, 2.24) is 9.78 Å². The third-order valence-electron chi connectivity index (χ3n) is 5.34. The zero-order valence-electron chi connectivity index (χ0n) is 10.8. The molecule has 0 N–H and O–H groups in total. The molecule has 2 fully saturated rings. The number of hydrogen-bond acceptors (Lipinski definition) is 1. The van der Waals surface area contributed by atoms with E-state index in [1.54, 1.807) is 5.57 Å². The van der Waals surface area contributed by atoms with Gasteiger partial charge in [0.2, 0.25) is 0 Å². The number of allylic oxidation sites excluding steroid dienone is 1. The minimum Gasteiger partial charge on any atom is -0.233 e. The minimum absolute atomic E-state index is 0.567. The molecule has 0 aliphatic heterocycles. The Morgan fingerprint density at radius 2 is 2.11 bits per heavy atom. The van der Waals surface area contributed by atoms with Crippen LogP contribution in [0.25, 0.3) is 11.8 Å². The first-order valence-electron chi connectivity index (χ1n) is 7.20. The Bertz CT molecular complexity index is 695. The monoisotopic (exact) mass is 248 g/mol. The lowest BCUT2D eigenvalue weighted by molar-refractivity contribution is 0.580. The second-order valence-corrected chi connectivity index (χ2v) is 6.24. The topological polar surface area (TPSA) is 17.8 Å². The average molecular weight is 248 g/mol. The number of rotatable bonds is 1. The molecule has 2 atom stereocenters. The number of fused-ring (bicyclic) bond motifs is 1. The smallest absolute Gasteiger partial charge is 0.0700 e. The molecule has 2 nitrogen and oxygen atoms in total. The third-order valence-corrected chi connectivity index (χ3v) is 5.34. The van der Waals surface area contributed by atoms with E-state index in [9.17, 15) is 0 Å². The normalized spacial score (nSPS) is 30.3. The summed E-state index contributed by atoms with van der Waals surface area (Å²) in [6.07, 6.45) is 9.89. The summed E-state index contributed by atoms with van der Waals surface area (Å²) in [7, 11) is 0. The van der Waals surface area contributed by atoms with Crippen LogP contribution in [0.5, 0.6) is 0 Å². The Morgan fingerprint density at radius 1 is 1.21 bits per heavy atom. The molecule has 19 heavy (non-hydrogen) atoms. The summed E-state index contributed by atoms with van der Waals surface area (Å²) in [5.74, 6) is 0.979. The fourth-order valence-electron chi connectivity index (χ4n) is 4.24. The minimum atomic E-state index is 0.567. The van der Waals surface area contributed by atoms with Gasteiger partial charge in [-0.15, -0.1) is 0 Å². The summed E-state index contributed by atoms with van der Waals surface area (Å²) in [5, 5.41) is 4.62. The second-order valence-electron chi connectivity index (χ2n) is 6.24. The lowest BCUT2D eigenvalue weighted by Crippen LogP contribution is -2.13. The highest BCUT2D eigenvalue weighted by Crippen LogP contribution is 2.69. The Morgan fingerprint density at radius 3 is 2.95 bits per heavy atom. The molecular weight excluding hydrogens is 232 g/mol. The highest BCUT2D eigenvalue weighted by Gasteiger charge is 2.60. The molecule has 1 aromatic carbocycles. The van der Waals surface area contributed by atoms with E-state index in [0.717, 1.165) is 5.92 Å². The van der Waals surface area contributed by atoms with Gasteiger partial charge in [-0.25, -0.2) is 4.68 Å². The van der Waals surface area contributed by atoms with Crippen molar-refractivity contribution in [2.75, 3.05) is 0 Å². The summed E-state index contributed by atoms with van der Waals surface area (Å²) in [6.45, 7) is 0. The van der Waals surface area contributed by atoms with Gasteiger partial charge in [0.05, 0.1) is 17.6 Å². The molecule has 2 saturated carbocycles. The van der Waals surface area contributed by atoms with Crippen LogP contribution in [0.1, 0.15) is 30.5 Å². The Balaban J connectivity index is 1.68. The SMILES string of the molecule is C1=C2CC[C@@H]3CC23Cc2cnn(-c3ccccc3)c21.